The van der Waals surface area contributed by atoms with Crippen LogP contribution in [0.2, 0.25) is 0 Å². The average molecular weight is 352 g/mol. The van der Waals surface area contributed by atoms with Crippen molar-refractivity contribution in [3.8, 4) is 11.5 Å². The molecule has 0 radical (unpaired) electrons. The van der Waals surface area contributed by atoms with E-state index in [1.165, 1.54) is 0 Å². The van der Waals surface area contributed by atoms with Crippen LogP contribution in [0.15, 0.2) is 42.6 Å². The van der Waals surface area contributed by atoms with E-state index in [1.54, 1.807) is 14.2 Å². The van der Waals surface area contributed by atoms with Crippen LogP contribution in [0.1, 0.15) is 5.56 Å². The number of ether oxygens (including phenoxy) is 2. The summed E-state index contributed by atoms with van der Waals surface area (Å²) >= 11 is 0. The van der Waals surface area contributed by atoms with E-state index in [-0.39, 0.29) is 0 Å². The highest BCUT2D eigenvalue weighted by Gasteiger charge is 2.20. The highest BCUT2D eigenvalue weighted by atomic mass is 16.5. The number of aromatic nitrogens is 2. The molecule has 26 heavy (non-hydrogen) atoms. The van der Waals surface area contributed by atoms with Crippen molar-refractivity contribution in [2.24, 2.45) is 0 Å². The first kappa shape index (κ1) is 16.7. The zero-order valence-electron chi connectivity index (χ0n) is 15.2. The summed E-state index contributed by atoms with van der Waals surface area (Å²) in [7, 11) is 3.41. The molecule has 136 valence electrons. The largest absolute Gasteiger partial charge is 0.497 e. The lowest BCUT2D eigenvalue weighted by atomic mass is 10.1. The summed E-state index contributed by atoms with van der Waals surface area (Å²) in [6.45, 7) is 4.77. The Morgan fingerprint density at radius 2 is 1.85 bits per heavy atom. The number of nitrogens with zero attached hydrogens (tertiary/aromatic N) is 3. The molecule has 6 nitrogen and oxygen atoms in total. The molecule has 2 aromatic heterocycles. The van der Waals surface area contributed by atoms with E-state index < -0.39 is 0 Å². The van der Waals surface area contributed by atoms with E-state index in [9.17, 15) is 0 Å². The third-order valence-corrected chi connectivity index (χ3v) is 4.97. The molecule has 1 saturated heterocycles. The Balaban J connectivity index is 1.42. The fraction of sp³-hybridized carbons (Fsp3) is 0.350. The van der Waals surface area contributed by atoms with Gasteiger partial charge in [-0.2, -0.15) is 0 Å². The molecule has 0 atom stereocenters. The van der Waals surface area contributed by atoms with Gasteiger partial charge >= 0.3 is 0 Å². The fourth-order valence-electron chi connectivity index (χ4n) is 3.48. The SMILES string of the molecule is COc1ccc(OC)c(CN2CCN(c3ccc4cc[nH]c4n3)CC2)c1. The van der Waals surface area contributed by atoms with Crippen molar-refractivity contribution in [3.05, 3.63) is 48.2 Å². The summed E-state index contributed by atoms with van der Waals surface area (Å²) < 4.78 is 10.9. The molecule has 1 aliphatic heterocycles. The van der Waals surface area contributed by atoms with Crippen molar-refractivity contribution >= 4 is 16.9 Å². The van der Waals surface area contributed by atoms with Gasteiger partial charge in [0.2, 0.25) is 0 Å². The van der Waals surface area contributed by atoms with E-state index in [1.807, 2.05) is 24.4 Å². The number of methoxy groups -OCH3 is 2. The second-order valence-corrected chi connectivity index (χ2v) is 6.53. The van der Waals surface area contributed by atoms with Gasteiger partial charge < -0.3 is 19.4 Å². The van der Waals surface area contributed by atoms with Gasteiger partial charge in [0.25, 0.3) is 0 Å². The number of rotatable bonds is 5. The predicted molar refractivity (Wildman–Crippen MR) is 103 cm³/mol. The average Bonchev–Trinajstić information content (AvgIpc) is 3.16. The molecule has 3 heterocycles. The molecule has 1 aliphatic rings. The zero-order chi connectivity index (χ0) is 17.9. The minimum absolute atomic E-state index is 0.858. The monoisotopic (exact) mass is 352 g/mol. The van der Waals surface area contributed by atoms with Crippen molar-refractivity contribution in [1.29, 1.82) is 0 Å². The second-order valence-electron chi connectivity index (χ2n) is 6.53. The molecule has 0 aliphatic carbocycles. The highest BCUT2D eigenvalue weighted by molar-refractivity contribution is 5.77. The van der Waals surface area contributed by atoms with Gasteiger partial charge in [0.1, 0.15) is 23.0 Å². The third-order valence-electron chi connectivity index (χ3n) is 4.97. The van der Waals surface area contributed by atoms with Gasteiger partial charge in [-0.15, -0.1) is 0 Å². The smallest absolute Gasteiger partial charge is 0.139 e. The Labute approximate surface area is 153 Å². The molecule has 1 aromatic carbocycles. The Bertz CT molecular complexity index is 884. The number of H-pyrrole nitrogens is 1. The molecule has 0 bridgehead atoms. The zero-order valence-corrected chi connectivity index (χ0v) is 15.2. The van der Waals surface area contributed by atoms with Crippen LogP contribution in [0.3, 0.4) is 0 Å². The van der Waals surface area contributed by atoms with Crippen LogP contribution >= 0.6 is 0 Å². The van der Waals surface area contributed by atoms with E-state index in [2.05, 4.69) is 33.0 Å². The number of fused-ring (bicyclic) bond motifs is 1. The molecule has 3 aromatic rings. The van der Waals surface area contributed by atoms with Gasteiger partial charge in [-0.05, 0) is 36.4 Å². The van der Waals surface area contributed by atoms with Crippen LogP contribution in [-0.2, 0) is 6.54 Å². The van der Waals surface area contributed by atoms with E-state index in [0.717, 1.165) is 66.6 Å². The highest BCUT2D eigenvalue weighted by Crippen LogP contribution is 2.26. The Morgan fingerprint density at radius 3 is 2.62 bits per heavy atom. The van der Waals surface area contributed by atoms with Gasteiger partial charge in [0, 0.05) is 49.9 Å². The molecular weight excluding hydrogens is 328 g/mol. The first-order valence-electron chi connectivity index (χ1n) is 8.89. The van der Waals surface area contributed by atoms with Crippen molar-refractivity contribution < 1.29 is 9.47 Å². The molecule has 6 heteroatoms. The maximum atomic E-state index is 5.50. The Hall–Kier alpha value is -2.73. The summed E-state index contributed by atoms with van der Waals surface area (Å²) in [4.78, 5) is 12.7. The Morgan fingerprint density at radius 1 is 1.00 bits per heavy atom. The van der Waals surface area contributed by atoms with E-state index >= 15 is 0 Å². The van der Waals surface area contributed by atoms with Crippen LogP contribution in [0.25, 0.3) is 11.0 Å². The minimum atomic E-state index is 0.858. The number of pyridine rings is 1. The number of nitrogens with one attached hydrogen (secondary N) is 1. The molecule has 1 N–H and O–H groups in total. The summed E-state index contributed by atoms with van der Waals surface area (Å²) in [6, 6.07) is 12.2. The molecule has 0 unspecified atom stereocenters. The number of piperazine rings is 1. The Kier molecular flexibility index (Phi) is 4.67. The predicted octanol–water partition coefficient (Wildman–Crippen LogP) is 2.90. The molecule has 1 fully saturated rings. The van der Waals surface area contributed by atoms with Crippen LogP contribution in [0.4, 0.5) is 5.82 Å². The van der Waals surface area contributed by atoms with E-state index in [4.69, 9.17) is 14.5 Å². The van der Waals surface area contributed by atoms with Gasteiger partial charge in [-0.25, -0.2) is 4.98 Å². The van der Waals surface area contributed by atoms with Crippen LogP contribution in [0.5, 0.6) is 11.5 Å². The summed E-state index contributed by atoms with van der Waals surface area (Å²) in [6.07, 6.45) is 1.93. The fourth-order valence-corrected chi connectivity index (χ4v) is 3.48. The number of aromatic amines is 1. The standard InChI is InChI=1S/C20H24N4O2/c1-25-17-4-5-18(26-2)16(13-17)14-23-9-11-24(12-10-23)19-6-3-15-7-8-21-20(15)22-19/h3-8,13H,9-12,14H2,1-2H3,(H,21,22). The number of hydrogen-bond donors (Lipinski definition) is 1. The van der Waals surface area contributed by atoms with Crippen LogP contribution < -0.4 is 14.4 Å². The lowest BCUT2D eigenvalue weighted by molar-refractivity contribution is 0.245. The van der Waals surface area contributed by atoms with Crippen LogP contribution in [-0.4, -0.2) is 55.3 Å². The maximum absolute atomic E-state index is 5.50. The second kappa shape index (κ2) is 7.25. The number of anilines is 1. The molecular formula is C20H24N4O2. The van der Waals surface area contributed by atoms with Crippen molar-refractivity contribution in [1.82, 2.24) is 14.9 Å². The molecule has 0 saturated carbocycles. The molecule has 0 amide bonds. The molecule has 0 spiro atoms. The minimum Gasteiger partial charge on any atom is -0.497 e. The maximum Gasteiger partial charge on any atom is 0.139 e. The first-order valence-corrected chi connectivity index (χ1v) is 8.89. The van der Waals surface area contributed by atoms with Crippen LogP contribution in [0, 0.1) is 0 Å². The van der Waals surface area contributed by atoms with Gasteiger partial charge in [0.05, 0.1) is 14.2 Å². The number of hydrogen-bond acceptors (Lipinski definition) is 5. The molecule has 4 rings (SSSR count). The normalized spacial score (nSPS) is 15.4. The number of benzene rings is 1. The lowest BCUT2D eigenvalue weighted by Crippen LogP contribution is -2.46. The first-order chi connectivity index (χ1) is 12.8. The van der Waals surface area contributed by atoms with Gasteiger partial charge in [-0.3, -0.25) is 4.90 Å². The quantitative estimate of drug-likeness (QED) is 0.765. The van der Waals surface area contributed by atoms with Crippen molar-refractivity contribution in [2.75, 3.05) is 45.3 Å². The topological polar surface area (TPSA) is 53.6 Å². The van der Waals surface area contributed by atoms with E-state index in [0.29, 0.717) is 0 Å². The summed E-state index contributed by atoms with van der Waals surface area (Å²) in [5.41, 5.74) is 2.11. The van der Waals surface area contributed by atoms with Gasteiger partial charge in [0.15, 0.2) is 0 Å². The van der Waals surface area contributed by atoms with Gasteiger partial charge in [-0.1, -0.05) is 0 Å². The van der Waals surface area contributed by atoms with Crippen molar-refractivity contribution in [2.45, 2.75) is 6.54 Å². The lowest BCUT2D eigenvalue weighted by Gasteiger charge is -2.35. The summed E-state index contributed by atoms with van der Waals surface area (Å²) in [5.74, 6) is 2.81. The summed E-state index contributed by atoms with van der Waals surface area (Å²) in [5, 5.41) is 1.15. The van der Waals surface area contributed by atoms with Crippen molar-refractivity contribution in [3.63, 3.8) is 0 Å². The third kappa shape index (κ3) is 3.32.